The molecule has 0 aliphatic heterocycles. The van der Waals surface area contributed by atoms with Crippen molar-refractivity contribution in [2.24, 2.45) is 0 Å². The molecule has 0 aliphatic carbocycles. The Hall–Kier alpha value is -1.41. The highest BCUT2D eigenvalue weighted by Crippen LogP contribution is 2.29. The molecule has 0 heterocycles. The molecule has 0 saturated heterocycles. The molecule has 2 nitrogen and oxygen atoms in total. The van der Waals surface area contributed by atoms with Crippen LogP contribution in [0.5, 0.6) is 11.5 Å². The third-order valence-corrected chi connectivity index (χ3v) is 3.74. The highest BCUT2D eigenvalue weighted by atomic mass is 35.5. The van der Waals surface area contributed by atoms with E-state index in [1.54, 1.807) is 7.11 Å². The van der Waals surface area contributed by atoms with Gasteiger partial charge in [0.15, 0.2) is 0 Å². The van der Waals surface area contributed by atoms with Crippen molar-refractivity contribution in [3.05, 3.63) is 35.9 Å². The first kappa shape index (κ1) is 15.0. The van der Waals surface area contributed by atoms with Gasteiger partial charge in [-0.3, -0.25) is 0 Å². The van der Waals surface area contributed by atoms with Gasteiger partial charge in [-0.15, -0.1) is 11.6 Å². The van der Waals surface area contributed by atoms with E-state index in [1.807, 2.05) is 12.1 Å². The number of benzene rings is 2. The van der Waals surface area contributed by atoms with Gasteiger partial charge in [0.05, 0.1) is 13.7 Å². The maximum Gasteiger partial charge on any atom is 0.122 e. The van der Waals surface area contributed by atoms with E-state index < -0.39 is 0 Å². The molecule has 0 aromatic heterocycles. The van der Waals surface area contributed by atoms with E-state index in [1.165, 1.54) is 16.3 Å². The van der Waals surface area contributed by atoms with Crippen LogP contribution in [0, 0.1) is 6.92 Å². The third-order valence-electron chi connectivity index (χ3n) is 3.48. The molecule has 0 spiro atoms. The Kier molecular flexibility index (Phi) is 5.54. The smallest absolute Gasteiger partial charge is 0.122 e. The summed E-state index contributed by atoms with van der Waals surface area (Å²) < 4.78 is 11.1. The zero-order valence-corrected chi connectivity index (χ0v) is 12.9. The maximum atomic E-state index is 5.78. The monoisotopic (exact) mass is 292 g/mol. The lowest BCUT2D eigenvalue weighted by Crippen LogP contribution is -1.97. The first-order valence-corrected chi connectivity index (χ1v) is 7.56. The summed E-state index contributed by atoms with van der Waals surface area (Å²) in [6, 6.07) is 10.3. The van der Waals surface area contributed by atoms with Crippen molar-refractivity contribution >= 4 is 22.4 Å². The van der Waals surface area contributed by atoms with Gasteiger partial charge in [-0.25, -0.2) is 0 Å². The van der Waals surface area contributed by atoms with Crippen LogP contribution in [0.25, 0.3) is 10.8 Å². The SMILES string of the molecule is COc1ccc2cc(OCCCCCCl)ccc2c1C. The molecule has 0 fully saturated rings. The Labute approximate surface area is 125 Å². The number of unbranched alkanes of at least 4 members (excludes halogenated alkanes) is 2. The van der Waals surface area contributed by atoms with Crippen LogP contribution in [-0.4, -0.2) is 19.6 Å². The fourth-order valence-electron chi connectivity index (χ4n) is 2.32. The van der Waals surface area contributed by atoms with Gasteiger partial charge in [-0.2, -0.15) is 0 Å². The van der Waals surface area contributed by atoms with Crippen molar-refractivity contribution in [2.75, 3.05) is 19.6 Å². The molecule has 0 radical (unpaired) electrons. The number of hydrogen-bond acceptors (Lipinski definition) is 2. The Morgan fingerprint density at radius 2 is 1.90 bits per heavy atom. The average molecular weight is 293 g/mol. The number of aryl methyl sites for hydroxylation is 1. The molecule has 0 bridgehead atoms. The molecule has 0 amide bonds. The van der Waals surface area contributed by atoms with E-state index in [4.69, 9.17) is 21.1 Å². The van der Waals surface area contributed by atoms with Crippen LogP contribution in [0.15, 0.2) is 30.3 Å². The van der Waals surface area contributed by atoms with Gasteiger partial charge < -0.3 is 9.47 Å². The first-order valence-electron chi connectivity index (χ1n) is 7.02. The Morgan fingerprint density at radius 1 is 1.05 bits per heavy atom. The minimum absolute atomic E-state index is 0.733. The number of hydrogen-bond donors (Lipinski definition) is 0. The second-order valence-electron chi connectivity index (χ2n) is 4.87. The molecule has 0 atom stereocenters. The Balaban J connectivity index is 2.06. The second kappa shape index (κ2) is 7.39. The van der Waals surface area contributed by atoms with Gasteiger partial charge in [0.1, 0.15) is 11.5 Å². The highest BCUT2D eigenvalue weighted by Gasteiger charge is 2.05. The van der Waals surface area contributed by atoms with Crippen LogP contribution in [0.3, 0.4) is 0 Å². The van der Waals surface area contributed by atoms with E-state index in [-0.39, 0.29) is 0 Å². The zero-order chi connectivity index (χ0) is 14.4. The normalized spacial score (nSPS) is 10.8. The lowest BCUT2D eigenvalue weighted by atomic mass is 10.0. The second-order valence-corrected chi connectivity index (χ2v) is 5.25. The van der Waals surface area contributed by atoms with Crippen LogP contribution in [-0.2, 0) is 0 Å². The number of alkyl halides is 1. The van der Waals surface area contributed by atoms with E-state index in [2.05, 4.69) is 25.1 Å². The van der Waals surface area contributed by atoms with Crippen molar-refractivity contribution < 1.29 is 9.47 Å². The predicted octanol–water partition coefficient (Wildman–Crippen LogP) is 4.94. The molecule has 0 saturated carbocycles. The van der Waals surface area contributed by atoms with Gasteiger partial charge in [0.2, 0.25) is 0 Å². The van der Waals surface area contributed by atoms with Gasteiger partial charge in [0, 0.05) is 5.88 Å². The molecule has 2 aromatic rings. The van der Waals surface area contributed by atoms with Gasteiger partial charge in [-0.05, 0) is 60.7 Å². The van der Waals surface area contributed by atoms with E-state index >= 15 is 0 Å². The molecule has 2 aromatic carbocycles. The number of ether oxygens (including phenoxy) is 2. The van der Waals surface area contributed by atoms with E-state index in [0.29, 0.717) is 0 Å². The predicted molar refractivity (Wildman–Crippen MR) is 85.3 cm³/mol. The fourth-order valence-corrected chi connectivity index (χ4v) is 2.51. The summed E-state index contributed by atoms with van der Waals surface area (Å²) in [6.45, 7) is 2.82. The minimum Gasteiger partial charge on any atom is -0.496 e. The molecule has 0 N–H and O–H groups in total. The molecular weight excluding hydrogens is 272 g/mol. The van der Waals surface area contributed by atoms with Gasteiger partial charge in [-0.1, -0.05) is 12.1 Å². The number of halogens is 1. The Morgan fingerprint density at radius 3 is 2.65 bits per heavy atom. The average Bonchev–Trinajstić information content (AvgIpc) is 2.47. The summed E-state index contributed by atoms with van der Waals surface area (Å²) in [5.74, 6) is 2.58. The summed E-state index contributed by atoms with van der Waals surface area (Å²) >= 11 is 5.65. The largest absolute Gasteiger partial charge is 0.496 e. The van der Waals surface area contributed by atoms with E-state index in [9.17, 15) is 0 Å². The van der Waals surface area contributed by atoms with Crippen molar-refractivity contribution in [1.29, 1.82) is 0 Å². The summed E-state index contributed by atoms with van der Waals surface area (Å²) in [5, 5.41) is 2.39. The summed E-state index contributed by atoms with van der Waals surface area (Å²) in [4.78, 5) is 0. The van der Waals surface area contributed by atoms with Crippen LogP contribution >= 0.6 is 11.6 Å². The molecule has 2 rings (SSSR count). The molecule has 0 aliphatic rings. The van der Waals surface area contributed by atoms with Gasteiger partial charge in [0.25, 0.3) is 0 Å². The first-order chi connectivity index (χ1) is 9.76. The summed E-state index contributed by atoms with van der Waals surface area (Å²) in [5.41, 5.74) is 1.17. The van der Waals surface area contributed by atoms with Crippen molar-refractivity contribution in [3.8, 4) is 11.5 Å². The lowest BCUT2D eigenvalue weighted by Gasteiger charge is -2.10. The van der Waals surface area contributed by atoms with Crippen molar-refractivity contribution in [1.82, 2.24) is 0 Å². The number of fused-ring (bicyclic) bond motifs is 1. The van der Waals surface area contributed by atoms with Crippen LogP contribution in [0.1, 0.15) is 24.8 Å². The van der Waals surface area contributed by atoms with Crippen LogP contribution in [0.4, 0.5) is 0 Å². The standard InChI is InChI=1S/C17H21ClO2/c1-13-16-8-7-15(20-11-5-3-4-10-18)12-14(16)6-9-17(13)19-2/h6-9,12H,3-5,10-11H2,1-2H3. The van der Waals surface area contributed by atoms with E-state index in [0.717, 1.165) is 43.2 Å². The molecule has 20 heavy (non-hydrogen) atoms. The Bertz CT molecular complexity index is 566. The van der Waals surface area contributed by atoms with Crippen molar-refractivity contribution in [3.63, 3.8) is 0 Å². The summed E-state index contributed by atoms with van der Waals surface area (Å²) in [7, 11) is 1.70. The fraction of sp³-hybridized carbons (Fsp3) is 0.412. The van der Waals surface area contributed by atoms with Crippen LogP contribution in [0.2, 0.25) is 0 Å². The number of methoxy groups -OCH3 is 1. The van der Waals surface area contributed by atoms with Crippen molar-refractivity contribution in [2.45, 2.75) is 26.2 Å². The lowest BCUT2D eigenvalue weighted by molar-refractivity contribution is 0.307. The third kappa shape index (κ3) is 3.57. The maximum absolute atomic E-state index is 5.78. The number of rotatable bonds is 7. The van der Waals surface area contributed by atoms with Crippen LogP contribution < -0.4 is 9.47 Å². The zero-order valence-electron chi connectivity index (χ0n) is 12.1. The topological polar surface area (TPSA) is 18.5 Å². The minimum atomic E-state index is 0.733. The molecule has 108 valence electrons. The molecule has 0 unspecified atom stereocenters. The van der Waals surface area contributed by atoms with Gasteiger partial charge >= 0.3 is 0 Å². The summed E-state index contributed by atoms with van der Waals surface area (Å²) in [6.07, 6.45) is 3.22. The molecule has 3 heteroatoms. The highest BCUT2D eigenvalue weighted by molar-refractivity contribution is 6.17. The quantitative estimate of drug-likeness (QED) is 0.531. The molecular formula is C17H21ClO2.